The van der Waals surface area contributed by atoms with E-state index in [0.717, 1.165) is 12.1 Å². The van der Waals surface area contributed by atoms with Gasteiger partial charge in [0.25, 0.3) is 10.1 Å². The lowest BCUT2D eigenvalue weighted by Crippen LogP contribution is -2.25. The van der Waals surface area contributed by atoms with E-state index in [4.69, 9.17) is 10.3 Å². The molecule has 1 atom stereocenters. The van der Waals surface area contributed by atoms with Crippen molar-refractivity contribution in [1.82, 2.24) is 0 Å². The maximum Gasteiger partial charge on any atom is 0.269 e. The maximum absolute atomic E-state index is 10.8. The topological polar surface area (TPSA) is 80.4 Å². The second-order valence-electron chi connectivity index (χ2n) is 3.27. The van der Waals surface area contributed by atoms with E-state index < -0.39 is 15.4 Å². The lowest BCUT2D eigenvalue weighted by molar-refractivity contribution is 0.468. The molecule has 83 valence electrons. The van der Waals surface area contributed by atoms with Gasteiger partial charge in [-0.3, -0.25) is 4.55 Å². The molecular formula is C10H14NO3S. The lowest BCUT2D eigenvalue weighted by Gasteiger charge is -2.10. The second-order valence-corrected chi connectivity index (χ2v) is 4.91. The average Bonchev–Trinajstić information content (AvgIpc) is 2.18. The van der Waals surface area contributed by atoms with Crippen LogP contribution in [0.15, 0.2) is 30.3 Å². The Morgan fingerprint density at radius 1 is 1.33 bits per heavy atom. The van der Waals surface area contributed by atoms with Crippen molar-refractivity contribution < 1.29 is 13.0 Å². The molecule has 3 N–H and O–H groups in total. The molecule has 1 radical (unpaired) electrons. The molecule has 0 heterocycles. The summed E-state index contributed by atoms with van der Waals surface area (Å²) in [6, 6.07) is 9.45. The van der Waals surface area contributed by atoms with Gasteiger partial charge in [0.2, 0.25) is 0 Å². The smallest absolute Gasteiger partial charge is 0.269 e. The van der Waals surface area contributed by atoms with E-state index in [2.05, 4.69) is 0 Å². The molecule has 1 aromatic rings. The summed E-state index contributed by atoms with van der Waals surface area (Å²) in [6.07, 6.45) is 0.859. The molecular weight excluding hydrogens is 214 g/mol. The minimum atomic E-state index is -4.07. The SMILES string of the molecule is N[CH]C(CCc1ccccc1)S(=O)(=O)O. The first kappa shape index (κ1) is 12.2. The molecule has 1 rings (SSSR count). The van der Waals surface area contributed by atoms with Gasteiger partial charge in [0.1, 0.15) is 5.25 Å². The molecule has 4 nitrogen and oxygen atoms in total. The molecule has 0 saturated heterocycles. The van der Waals surface area contributed by atoms with Crippen molar-refractivity contribution in [2.24, 2.45) is 5.73 Å². The Morgan fingerprint density at radius 3 is 2.40 bits per heavy atom. The lowest BCUT2D eigenvalue weighted by atomic mass is 10.1. The van der Waals surface area contributed by atoms with Crippen molar-refractivity contribution in [3.05, 3.63) is 42.4 Å². The first-order valence-corrected chi connectivity index (χ1v) is 6.09. The standard InChI is InChI=1S/C10H14NO3S/c11-8-10(15(12,13)14)7-6-9-4-2-1-3-5-9/h1-5,8,10H,6-7,11H2,(H,12,13,14). The van der Waals surface area contributed by atoms with Crippen LogP contribution in [0.5, 0.6) is 0 Å². The summed E-state index contributed by atoms with van der Waals surface area (Å²) in [5, 5.41) is -0.988. The summed E-state index contributed by atoms with van der Waals surface area (Å²) in [5.41, 5.74) is 6.18. The summed E-state index contributed by atoms with van der Waals surface area (Å²) < 4.78 is 30.5. The van der Waals surface area contributed by atoms with E-state index in [0.29, 0.717) is 12.8 Å². The van der Waals surface area contributed by atoms with Crippen LogP contribution in [0.4, 0.5) is 0 Å². The molecule has 1 aromatic carbocycles. The summed E-state index contributed by atoms with van der Waals surface area (Å²) in [6.45, 7) is 1.01. The van der Waals surface area contributed by atoms with Gasteiger partial charge in [-0.2, -0.15) is 8.42 Å². The van der Waals surface area contributed by atoms with Gasteiger partial charge in [0, 0.05) is 6.54 Å². The van der Waals surface area contributed by atoms with Gasteiger partial charge in [-0.25, -0.2) is 0 Å². The average molecular weight is 228 g/mol. The number of hydrogen-bond donors (Lipinski definition) is 2. The molecule has 0 spiro atoms. The van der Waals surface area contributed by atoms with Crippen molar-refractivity contribution in [3.8, 4) is 0 Å². The highest BCUT2D eigenvalue weighted by Gasteiger charge is 2.20. The largest absolute Gasteiger partial charge is 0.325 e. The van der Waals surface area contributed by atoms with E-state index in [9.17, 15) is 8.42 Å². The highest BCUT2D eigenvalue weighted by atomic mass is 32.2. The third-order valence-electron chi connectivity index (χ3n) is 2.16. The van der Waals surface area contributed by atoms with Crippen LogP contribution in [-0.4, -0.2) is 18.2 Å². The van der Waals surface area contributed by atoms with Crippen LogP contribution in [0.1, 0.15) is 12.0 Å². The molecule has 0 amide bonds. The molecule has 0 aliphatic rings. The van der Waals surface area contributed by atoms with Crippen molar-refractivity contribution in [2.75, 3.05) is 0 Å². The minimum absolute atomic E-state index is 0.291. The Bertz CT molecular complexity index is 388. The Morgan fingerprint density at radius 2 is 1.93 bits per heavy atom. The summed E-state index contributed by atoms with van der Waals surface area (Å²) in [5.74, 6) is 0. The first-order valence-electron chi connectivity index (χ1n) is 4.59. The zero-order valence-electron chi connectivity index (χ0n) is 8.20. The summed E-state index contributed by atoms with van der Waals surface area (Å²) in [7, 11) is -4.07. The van der Waals surface area contributed by atoms with Crippen LogP contribution in [0.2, 0.25) is 0 Å². The molecule has 5 heteroatoms. The summed E-state index contributed by atoms with van der Waals surface area (Å²) in [4.78, 5) is 0. The molecule has 1 unspecified atom stereocenters. The third kappa shape index (κ3) is 3.99. The maximum atomic E-state index is 10.8. The fourth-order valence-electron chi connectivity index (χ4n) is 1.30. The van der Waals surface area contributed by atoms with Crippen molar-refractivity contribution in [1.29, 1.82) is 0 Å². The third-order valence-corrected chi connectivity index (χ3v) is 3.32. The number of rotatable bonds is 5. The van der Waals surface area contributed by atoms with Crippen LogP contribution in [0.25, 0.3) is 0 Å². The molecule has 0 bridgehead atoms. The van der Waals surface area contributed by atoms with Crippen LogP contribution < -0.4 is 5.73 Å². The molecule has 0 fully saturated rings. The van der Waals surface area contributed by atoms with E-state index in [1.165, 1.54) is 0 Å². The normalized spacial score (nSPS) is 13.7. The van der Waals surface area contributed by atoms with Gasteiger partial charge >= 0.3 is 0 Å². The Labute approximate surface area is 89.9 Å². The minimum Gasteiger partial charge on any atom is -0.325 e. The fraction of sp³-hybridized carbons (Fsp3) is 0.300. The quantitative estimate of drug-likeness (QED) is 0.737. The van der Waals surface area contributed by atoms with Gasteiger partial charge in [-0.05, 0) is 18.4 Å². The van der Waals surface area contributed by atoms with Gasteiger partial charge in [0.15, 0.2) is 0 Å². The first-order chi connectivity index (χ1) is 7.04. The highest BCUT2D eigenvalue weighted by Crippen LogP contribution is 2.10. The van der Waals surface area contributed by atoms with Crippen LogP contribution in [0.3, 0.4) is 0 Å². The zero-order valence-corrected chi connectivity index (χ0v) is 9.02. The Balaban J connectivity index is 2.56. The molecule has 15 heavy (non-hydrogen) atoms. The molecule has 0 aliphatic heterocycles. The van der Waals surface area contributed by atoms with Crippen LogP contribution in [-0.2, 0) is 16.5 Å². The van der Waals surface area contributed by atoms with Crippen LogP contribution >= 0.6 is 0 Å². The van der Waals surface area contributed by atoms with Gasteiger partial charge < -0.3 is 5.73 Å². The van der Waals surface area contributed by atoms with E-state index in [1.54, 1.807) is 0 Å². The molecule has 0 aliphatic carbocycles. The van der Waals surface area contributed by atoms with E-state index in [-0.39, 0.29) is 0 Å². The van der Waals surface area contributed by atoms with Crippen molar-refractivity contribution >= 4 is 10.1 Å². The zero-order chi connectivity index (χ0) is 11.3. The highest BCUT2D eigenvalue weighted by molar-refractivity contribution is 7.86. The van der Waals surface area contributed by atoms with Gasteiger partial charge in [-0.1, -0.05) is 30.3 Å². The van der Waals surface area contributed by atoms with Crippen LogP contribution in [0, 0.1) is 6.54 Å². The predicted octanol–water partition coefficient (Wildman–Crippen LogP) is 0.996. The molecule has 0 saturated carbocycles. The predicted molar refractivity (Wildman–Crippen MR) is 58.6 cm³/mol. The van der Waals surface area contributed by atoms with Gasteiger partial charge in [-0.15, -0.1) is 0 Å². The molecule has 0 aromatic heterocycles. The number of nitrogens with two attached hydrogens (primary N) is 1. The monoisotopic (exact) mass is 228 g/mol. The van der Waals surface area contributed by atoms with E-state index >= 15 is 0 Å². The second kappa shape index (κ2) is 5.25. The fourth-order valence-corrected chi connectivity index (χ4v) is 1.91. The van der Waals surface area contributed by atoms with Crippen molar-refractivity contribution in [2.45, 2.75) is 18.1 Å². The summed E-state index contributed by atoms with van der Waals surface area (Å²) >= 11 is 0. The number of benzene rings is 1. The van der Waals surface area contributed by atoms with E-state index in [1.807, 2.05) is 30.3 Å². The Kier molecular flexibility index (Phi) is 4.26. The van der Waals surface area contributed by atoms with Gasteiger partial charge in [0.05, 0.1) is 0 Å². The Hall–Kier alpha value is -0.910. The number of aryl methyl sites for hydroxylation is 1. The van der Waals surface area contributed by atoms with Crippen molar-refractivity contribution in [3.63, 3.8) is 0 Å². The number of hydrogen-bond acceptors (Lipinski definition) is 3.